The van der Waals surface area contributed by atoms with E-state index in [0.29, 0.717) is 11.7 Å². The van der Waals surface area contributed by atoms with Crippen LogP contribution in [0.1, 0.15) is 0 Å². The molecule has 4 nitrogen and oxygen atoms in total. The Morgan fingerprint density at radius 1 is 1.25 bits per heavy atom. The lowest BCUT2D eigenvalue weighted by molar-refractivity contribution is 0.394. The topological polar surface area (TPSA) is 44.1 Å². The van der Waals surface area contributed by atoms with E-state index in [1.165, 1.54) is 12.1 Å². The molecule has 82 valence electrons. The van der Waals surface area contributed by atoms with E-state index in [2.05, 4.69) is 20.9 Å². The summed E-state index contributed by atoms with van der Waals surface area (Å²) in [6.45, 7) is 0. The van der Waals surface area contributed by atoms with Crippen molar-refractivity contribution >= 4 is 15.9 Å². The first-order valence-corrected chi connectivity index (χ1v) is 5.39. The molecule has 0 aliphatic carbocycles. The molecule has 0 atom stereocenters. The first-order valence-electron chi connectivity index (χ1n) is 4.60. The minimum absolute atomic E-state index is 0.0275. The first kappa shape index (κ1) is 10.9. The van der Waals surface area contributed by atoms with Gasteiger partial charge in [-0.15, -0.1) is 0 Å². The SMILES string of the molecule is COc1nc(-n2ccc(=O)cc2)ccc1Br. The molecule has 0 amide bonds. The van der Waals surface area contributed by atoms with Gasteiger partial charge in [0, 0.05) is 24.5 Å². The molecular formula is C11H9BrN2O2. The minimum atomic E-state index is -0.0275. The lowest BCUT2D eigenvalue weighted by atomic mass is 10.4. The zero-order valence-corrected chi connectivity index (χ0v) is 10.1. The number of aromatic nitrogens is 2. The Morgan fingerprint density at radius 2 is 1.94 bits per heavy atom. The molecule has 0 N–H and O–H groups in total. The lowest BCUT2D eigenvalue weighted by Gasteiger charge is -2.07. The number of methoxy groups -OCH3 is 1. The Morgan fingerprint density at radius 3 is 2.56 bits per heavy atom. The van der Waals surface area contributed by atoms with E-state index in [1.807, 2.05) is 12.1 Å². The number of halogens is 1. The largest absolute Gasteiger partial charge is 0.480 e. The van der Waals surface area contributed by atoms with Gasteiger partial charge in [0.25, 0.3) is 0 Å². The van der Waals surface area contributed by atoms with Gasteiger partial charge < -0.3 is 9.30 Å². The van der Waals surface area contributed by atoms with Crippen LogP contribution in [0.2, 0.25) is 0 Å². The van der Waals surface area contributed by atoms with Gasteiger partial charge in [0.2, 0.25) is 5.88 Å². The maximum Gasteiger partial charge on any atom is 0.229 e. The molecule has 0 spiro atoms. The molecule has 16 heavy (non-hydrogen) atoms. The van der Waals surface area contributed by atoms with Crippen molar-refractivity contribution in [1.29, 1.82) is 0 Å². The minimum Gasteiger partial charge on any atom is -0.480 e. The molecular weight excluding hydrogens is 272 g/mol. The molecule has 5 heteroatoms. The average molecular weight is 281 g/mol. The molecule has 2 aromatic heterocycles. The normalized spacial score (nSPS) is 10.1. The van der Waals surface area contributed by atoms with E-state index in [-0.39, 0.29) is 5.43 Å². The van der Waals surface area contributed by atoms with Crippen LogP contribution < -0.4 is 10.2 Å². The monoisotopic (exact) mass is 280 g/mol. The van der Waals surface area contributed by atoms with Crippen molar-refractivity contribution in [2.45, 2.75) is 0 Å². The second-order valence-electron chi connectivity index (χ2n) is 3.10. The predicted molar refractivity (Wildman–Crippen MR) is 64.1 cm³/mol. The number of nitrogens with zero attached hydrogens (tertiary/aromatic N) is 2. The summed E-state index contributed by atoms with van der Waals surface area (Å²) in [7, 11) is 1.56. The number of rotatable bonds is 2. The molecule has 2 rings (SSSR count). The van der Waals surface area contributed by atoms with Gasteiger partial charge in [-0.25, -0.2) is 0 Å². The summed E-state index contributed by atoms with van der Waals surface area (Å²) in [5.74, 6) is 1.20. The van der Waals surface area contributed by atoms with Crippen LogP contribution in [0.5, 0.6) is 5.88 Å². The number of pyridine rings is 2. The molecule has 0 saturated carbocycles. The first-order chi connectivity index (χ1) is 7.70. The fourth-order valence-electron chi connectivity index (χ4n) is 1.27. The molecule has 0 fully saturated rings. The van der Waals surface area contributed by atoms with Crippen molar-refractivity contribution in [1.82, 2.24) is 9.55 Å². The molecule has 2 aromatic rings. The number of hydrogen-bond donors (Lipinski definition) is 0. The van der Waals surface area contributed by atoms with Crippen LogP contribution in [-0.2, 0) is 0 Å². The Balaban J connectivity index is 2.48. The van der Waals surface area contributed by atoms with E-state index in [1.54, 1.807) is 24.1 Å². The maximum absolute atomic E-state index is 11.0. The summed E-state index contributed by atoms with van der Waals surface area (Å²) >= 11 is 3.33. The highest BCUT2D eigenvalue weighted by Crippen LogP contribution is 2.23. The highest BCUT2D eigenvalue weighted by atomic mass is 79.9. The van der Waals surface area contributed by atoms with Gasteiger partial charge in [0.05, 0.1) is 11.6 Å². The van der Waals surface area contributed by atoms with Crippen molar-refractivity contribution in [3.63, 3.8) is 0 Å². The molecule has 0 bridgehead atoms. The summed E-state index contributed by atoms with van der Waals surface area (Å²) < 4.78 is 7.64. The summed E-state index contributed by atoms with van der Waals surface area (Å²) in [5.41, 5.74) is -0.0275. The van der Waals surface area contributed by atoms with Crippen LogP contribution in [0.4, 0.5) is 0 Å². The highest BCUT2D eigenvalue weighted by molar-refractivity contribution is 9.10. The van der Waals surface area contributed by atoms with Crippen molar-refractivity contribution in [2.75, 3.05) is 7.11 Å². The maximum atomic E-state index is 11.0. The van der Waals surface area contributed by atoms with Crippen molar-refractivity contribution in [3.8, 4) is 11.7 Å². The van der Waals surface area contributed by atoms with E-state index in [4.69, 9.17) is 4.74 Å². The summed E-state index contributed by atoms with van der Waals surface area (Å²) in [4.78, 5) is 15.2. The summed E-state index contributed by atoms with van der Waals surface area (Å²) in [6, 6.07) is 6.64. The van der Waals surface area contributed by atoms with Crippen LogP contribution in [-0.4, -0.2) is 16.7 Å². The Labute approximate surface area is 101 Å². The fraction of sp³-hybridized carbons (Fsp3) is 0.0909. The zero-order valence-electron chi connectivity index (χ0n) is 8.55. The van der Waals surface area contributed by atoms with E-state index in [0.717, 1.165) is 4.47 Å². The van der Waals surface area contributed by atoms with Gasteiger partial charge in [0.15, 0.2) is 5.43 Å². The Bertz CT molecular complexity index is 546. The molecule has 0 unspecified atom stereocenters. The van der Waals surface area contributed by atoms with E-state index < -0.39 is 0 Å². The van der Waals surface area contributed by atoms with Gasteiger partial charge >= 0.3 is 0 Å². The van der Waals surface area contributed by atoms with Crippen LogP contribution in [0, 0.1) is 0 Å². The van der Waals surface area contributed by atoms with Crippen LogP contribution in [0.15, 0.2) is 45.9 Å². The Kier molecular flexibility index (Phi) is 3.05. The third kappa shape index (κ3) is 2.14. The second-order valence-corrected chi connectivity index (χ2v) is 3.96. The standard InChI is InChI=1S/C11H9BrN2O2/c1-16-11-9(12)2-3-10(13-11)14-6-4-8(15)5-7-14/h2-7H,1H3. The third-order valence-corrected chi connectivity index (χ3v) is 2.66. The summed E-state index contributed by atoms with van der Waals surface area (Å²) in [6.07, 6.45) is 3.33. The van der Waals surface area contributed by atoms with Crippen LogP contribution in [0.3, 0.4) is 0 Å². The molecule has 0 radical (unpaired) electrons. The van der Waals surface area contributed by atoms with Gasteiger partial charge in [0.1, 0.15) is 5.82 Å². The average Bonchev–Trinajstić information content (AvgIpc) is 2.31. The molecule has 0 aliphatic rings. The third-order valence-electron chi connectivity index (χ3n) is 2.06. The van der Waals surface area contributed by atoms with E-state index in [9.17, 15) is 4.79 Å². The van der Waals surface area contributed by atoms with Crippen LogP contribution >= 0.6 is 15.9 Å². The number of ether oxygens (including phenoxy) is 1. The number of hydrogen-bond acceptors (Lipinski definition) is 3. The molecule has 2 heterocycles. The van der Waals surface area contributed by atoms with Crippen molar-refractivity contribution in [2.24, 2.45) is 0 Å². The van der Waals surface area contributed by atoms with Gasteiger partial charge in [-0.1, -0.05) is 0 Å². The molecule has 0 aliphatic heterocycles. The van der Waals surface area contributed by atoms with Crippen molar-refractivity contribution < 1.29 is 4.74 Å². The highest BCUT2D eigenvalue weighted by Gasteiger charge is 2.03. The lowest BCUT2D eigenvalue weighted by Crippen LogP contribution is -2.04. The Hall–Kier alpha value is -1.62. The van der Waals surface area contributed by atoms with Crippen LogP contribution in [0.25, 0.3) is 5.82 Å². The summed E-state index contributed by atoms with van der Waals surface area (Å²) in [5, 5.41) is 0. The smallest absolute Gasteiger partial charge is 0.229 e. The van der Waals surface area contributed by atoms with Crippen molar-refractivity contribution in [3.05, 3.63) is 51.4 Å². The fourth-order valence-corrected chi connectivity index (χ4v) is 1.65. The molecule has 0 aromatic carbocycles. The molecule has 0 saturated heterocycles. The quantitative estimate of drug-likeness (QED) is 0.845. The van der Waals surface area contributed by atoms with E-state index >= 15 is 0 Å². The van der Waals surface area contributed by atoms with Gasteiger partial charge in [-0.2, -0.15) is 4.98 Å². The second kappa shape index (κ2) is 4.49. The predicted octanol–water partition coefficient (Wildman–Crippen LogP) is 2.00. The van der Waals surface area contributed by atoms with Gasteiger partial charge in [-0.3, -0.25) is 4.79 Å². The zero-order chi connectivity index (χ0) is 11.5. The van der Waals surface area contributed by atoms with Gasteiger partial charge in [-0.05, 0) is 28.1 Å².